The van der Waals surface area contributed by atoms with Crippen molar-refractivity contribution >= 4 is 45.9 Å². The Hall–Kier alpha value is -7.66. The molecule has 0 fully saturated rings. The van der Waals surface area contributed by atoms with Gasteiger partial charge >= 0.3 is 0 Å². The Balaban J connectivity index is 1.09. The molecule has 23 heteroatoms. The quantitative estimate of drug-likeness (QED) is 0.0936. The third-order valence-electron chi connectivity index (χ3n) is 10.0. The normalized spacial score (nSPS) is 14.4. The number of hydrazine groups is 1. The van der Waals surface area contributed by atoms with Gasteiger partial charge in [0.05, 0.1) is 60.6 Å². The third kappa shape index (κ3) is 9.50. The molecule has 1 unspecified atom stereocenters. The van der Waals surface area contributed by atoms with Crippen LogP contribution in [-0.4, -0.2) is 107 Å². The topological polar surface area (TPSA) is 232 Å². The predicted octanol–water partition coefficient (Wildman–Crippen LogP) is 2.83. The van der Waals surface area contributed by atoms with Crippen LogP contribution in [0, 0.1) is 5.82 Å². The highest BCUT2D eigenvalue weighted by atomic mass is 35.5. The summed E-state index contributed by atoms with van der Waals surface area (Å²) in [5.41, 5.74) is 4.13. The zero-order valence-corrected chi connectivity index (χ0v) is 35.9. The summed E-state index contributed by atoms with van der Waals surface area (Å²) in [6, 6.07) is 9.72. The lowest BCUT2D eigenvalue weighted by atomic mass is 9.99. The van der Waals surface area contributed by atoms with E-state index in [1.807, 2.05) is 12.1 Å². The molecule has 0 saturated heterocycles. The van der Waals surface area contributed by atoms with Gasteiger partial charge in [-0.1, -0.05) is 23.7 Å². The average Bonchev–Trinajstić information content (AvgIpc) is 4.08. The maximum Gasteiger partial charge on any atom is 0.284 e. The van der Waals surface area contributed by atoms with Gasteiger partial charge in [0, 0.05) is 74.5 Å². The van der Waals surface area contributed by atoms with Crippen molar-refractivity contribution in [2.24, 2.45) is 7.05 Å². The molecular weight excluding hydrogens is 867 g/mol. The molecule has 0 saturated carbocycles. The first-order valence-electron chi connectivity index (χ1n) is 19.8. The second-order valence-corrected chi connectivity index (χ2v) is 15.1. The van der Waals surface area contributed by atoms with Gasteiger partial charge in [0.1, 0.15) is 29.0 Å². The number of benzene rings is 2. The minimum absolute atomic E-state index is 0.0429. The zero-order valence-electron chi connectivity index (χ0n) is 35.2. The largest absolute Gasteiger partial charge is 0.454 e. The fraction of sp³-hybridized carbons (Fsp3) is 0.238. The molecule has 2 aromatic carbocycles. The Morgan fingerprint density at radius 1 is 0.938 bits per heavy atom. The van der Waals surface area contributed by atoms with E-state index in [4.69, 9.17) is 25.8 Å². The van der Waals surface area contributed by atoms with E-state index in [9.17, 15) is 19.2 Å². The van der Waals surface area contributed by atoms with Gasteiger partial charge in [-0.05, 0) is 36.8 Å². The standard InChI is InChI=1S/C42H40ClFN14O7/c1-24(21-64-4)51-39(60)33-13-37(56-18-26(15-50-56)25-5-7-27(43)8-6-25)53-58(42(33)62)29-17-49-55(20-29)23-65-40-31-11-30(34(44)14-35(31)46-22-47-40)36-12-32(38(59)45-9-10-63-3)41(61)57(52-36)28-16-48-54(2)19-28/h5-8,11-20,22,24,36,52H,9-10,21,23H2,1-4H3,(H,45,59)(H,51,60)/t24-,36?/m0/s1. The van der Waals surface area contributed by atoms with E-state index in [-0.39, 0.29) is 66.1 Å². The van der Waals surface area contributed by atoms with Crippen molar-refractivity contribution < 1.29 is 33.0 Å². The van der Waals surface area contributed by atoms with Crippen LogP contribution in [0.2, 0.25) is 5.02 Å². The van der Waals surface area contributed by atoms with Crippen LogP contribution in [0.1, 0.15) is 28.9 Å². The first-order valence-corrected chi connectivity index (χ1v) is 20.2. The highest BCUT2D eigenvalue weighted by Crippen LogP contribution is 2.32. The first-order chi connectivity index (χ1) is 31.4. The van der Waals surface area contributed by atoms with Crippen LogP contribution in [0.15, 0.2) is 102 Å². The fourth-order valence-electron chi connectivity index (χ4n) is 6.85. The molecule has 2 atom stereocenters. The second-order valence-electron chi connectivity index (χ2n) is 14.7. The van der Waals surface area contributed by atoms with Gasteiger partial charge in [-0.15, -0.1) is 5.10 Å². The fourth-order valence-corrected chi connectivity index (χ4v) is 6.98. The van der Waals surface area contributed by atoms with Crippen molar-refractivity contribution in [3.63, 3.8) is 0 Å². The minimum atomic E-state index is -1.04. The smallest absolute Gasteiger partial charge is 0.284 e. The van der Waals surface area contributed by atoms with E-state index in [1.54, 1.807) is 44.7 Å². The van der Waals surface area contributed by atoms with Crippen LogP contribution in [-0.2, 0) is 32.8 Å². The number of ether oxygens (including phenoxy) is 3. The Bertz CT molecular complexity index is 3000. The summed E-state index contributed by atoms with van der Waals surface area (Å²) in [5, 5.41) is 24.9. The number of fused-ring (bicyclic) bond motifs is 1. The molecule has 3 amide bonds. The molecule has 0 radical (unpaired) electrons. The summed E-state index contributed by atoms with van der Waals surface area (Å²) in [5.74, 6) is -2.50. The van der Waals surface area contributed by atoms with Crippen LogP contribution >= 0.6 is 11.6 Å². The number of hydrogen-bond acceptors (Lipinski definition) is 14. The number of methoxy groups -OCH3 is 2. The van der Waals surface area contributed by atoms with Crippen LogP contribution in [0.4, 0.5) is 10.1 Å². The van der Waals surface area contributed by atoms with Gasteiger partial charge < -0.3 is 24.8 Å². The summed E-state index contributed by atoms with van der Waals surface area (Å²) in [6.07, 6.45) is 11.7. The SMILES string of the molecule is COCCNC(=O)C1=CC(c2cc3c(OCn4cc(-n5nc(-n6cc(-c7ccc(Cl)cc7)cn6)cc(C(=O)N[C@@H](C)COC)c5=O)cn4)ncnc3cc2F)NN(c2cnn(C)c2)C1=O. The van der Waals surface area contributed by atoms with E-state index in [1.165, 1.54) is 77.5 Å². The number of rotatable bonds is 16. The summed E-state index contributed by atoms with van der Waals surface area (Å²) < 4.78 is 37.6. The number of amides is 3. The van der Waals surface area contributed by atoms with Gasteiger partial charge in [-0.3, -0.25) is 23.9 Å². The highest BCUT2D eigenvalue weighted by Gasteiger charge is 2.35. The van der Waals surface area contributed by atoms with Crippen molar-refractivity contribution in [1.82, 2.24) is 65.1 Å². The van der Waals surface area contributed by atoms with E-state index in [2.05, 4.69) is 46.4 Å². The molecule has 8 rings (SSSR count). The molecule has 1 aliphatic heterocycles. The Morgan fingerprint density at radius 2 is 1.74 bits per heavy atom. The lowest BCUT2D eigenvalue weighted by Gasteiger charge is -2.32. The van der Waals surface area contributed by atoms with Gasteiger partial charge in [0.25, 0.3) is 23.3 Å². The third-order valence-corrected chi connectivity index (χ3v) is 10.3. The molecule has 65 heavy (non-hydrogen) atoms. The number of nitrogens with zero attached hydrogens (tertiary/aromatic N) is 11. The number of halogens is 2. The molecule has 7 aromatic rings. The number of anilines is 1. The molecule has 5 aromatic heterocycles. The summed E-state index contributed by atoms with van der Waals surface area (Å²) >= 11 is 6.09. The molecule has 334 valence electrons. The number of aryl methyl sites for hydroxylation is 1. The highest BCUT2D eigenvalue weighted by molar-refractivity contribution is 6.30. The molecule has 0 bridgehead atoms. The van der Waals surface area contributed by atoms with Gasteiger partial charge in [0.15, 0.2) is 12.5 Å². The lowest BCUT2D eigenvalue weighted by molar-refractivity contribution is -0.123. The van der Waals surface area contributed by atoms with E-state index >= 15 is 4.39 Å². The van der Waals surface area contributed by atoms with Crippen molar-refractivity contribution in [3.8, 4) is 28.5 Å². The monoisotopic (exact) mass is 906 g/mol. The van der Waals surface area contributed by atoms with Crippen LogP contribution < -0.4 is 31.4 Å². The van der Waals surface area contributed by atoms with Crippen LogP contribution in [0.25, 0.3) is 33.5 Å². The first kappa shape index (κ1) is 44.0. The molecular formula is C42H40ClFN14O7. The van der Waals surface area contributed by atoms with Gasteiger partial charge in [-0.25, -0.2) is 34.2 Å². The van der Waals surface area contributed by atoms with Gasteiger partial charge in [0.2, 0.25) is 5.88 Å². The molecule has 3 N–H and O–H groups in total. The number of aromatic nitrogens is 10. The summed E-state index contributed by atoms with van der Waals surface area (Å²) in [7, 11) is 4.64. The molecule has 0 aliphatic carbocycles. The molecule has 21 nitrogen and oxygen atoms in total. The maximum absolute atomic E-state index is 16.0. The Morgan fingerprint density at radius 3 is 2.49 bits per heavy atom. The number of carbonyl (C=O) groups excluding carboxylic acids is 3. The van der Waals surface area contributed by atoms with Crippen LogP contribution in [0.5, 0.6) is 5.88 Å². The molecule has 1 aliphatic rings. The van der Waals surface area contributed by atoms with E-state index in [0.717, 1.165) is 20.8 Å². The maximum atomic E-state index is 16.0. The van der Waals surface area contributed by atoms with Crippen molar-refractivity contribution in [2.45, 2.75) is 25.7 Å². The lowest BCUT2D eigenvalue weighted by Crippen LogP contribution is -2.51. The van der Waals surface area contributed by atoms with Gasteiger partial charge in [-0.2, -0.15) is 20.0 Å². The summed E-state index contributed by atoms with van der Waals surface area (Å²) in [4.78, 5) is 62.8. The van der Waals surface area contributed by atoms with E-state index in [0.29, 0.717) is 16.1 Å². The minimum Gasteiger partial charge on any atom is -0.454 e. The Kier molecular flexibility index (Phi) is 12.8. The zero-order chi connectivity index (χ0) is 45.8. The van der Waals surface area contributed by atoms with Crippen LogP contribution in [0.3, 0.4) is 0 Å². The predicted molar refractivity (Wildman–Crippen MR) is 232 cm³/mol. The van der Waals surface area contributed by atoms with E-state index < -0.39 is 41.2 Å². The second kappa shape index (κ2) is 19.0. The number of hydrogen-bond donors (Lipinski definition) is 3. The van der Waals surface area contributed by atoms with Crippen molar-refractivity contribution in [1.29, 1.82) is 0 Å². The molecule has 6 heterocycles. The van der Waals surface area contributed by atoms with Crippen molar-refractivity contribution in [3.05, 3.63) is 130 Å². The summed E-state index contributed by atoms with van der Waals surface area (Å²) in [6.45, 7) is 2.04. The van der Waals surface area contributed by atoms with Crippen molar-refractivity contribution in [2.75, 3.05) is 39.0 Å². The number of nitrogens with one attached hydrogen (secondary N) is 3. The number of carbonyl (C=O) groups is 3. The Labute approximate surface area is 373 Å². The molecule has 0 spiro atoms. The average molecular weight is 907 g/mol.